The molecule has 0 amide bonds. The molecule has 3 aromatic heterocycles. The van der Waals surface area contributed by atoms with Gasteiger partial charge < -0.3 is 4.98 Å². The largest absolute Gasteiger partial charge is 0.345 e. The number of hydrogen-bond acceptors (Lipinski definition) is 5. The fourth-order valence-electron chi connectivity index (χ4n) is 2.75. The van der Waals surface area contributed by atoms with Crippen LogP contribution in [0.1, 0.15) is 15.9 Å². The van der Waals surface area contributed by atoms with E-state index in [1.807, 2.05) is 4.72 Å². The average molecular weight is 454 g/mol. The van der Waals surface area contributed by atoms with Gasteiger partial charge in [0.2, 0.25) is 5.78 Å². The van der Waals surface area contributed by atoms with Crippen LogP contribution in [-0.2, 0) is 10.0 Å². The number of H-pyrrole nitrogens is 1. The summed E-state index contributed by atoms with van der Waals surface area (Å²) in [5, 5.41) is 3.43. The number of benzene rings is 1. The Hall–Kier alpha value is -2.82. The van der Waals surface area contributed by atoms with Gasteiger partial charge in [0.1, 0.15) is 11.5 Å². The van der Waals surface area contributed by atoms with Crippen LogP contribution in [-0.4, -0.2) is 24.2 Å². The number of aromatic amines is 1. The maximum atomic E-state index is 15.0. The van der Waals surface area contributed by atoms with Crippen molar-refractivity contribution in [3.63, 3.8) is 0 Å². The molecule has 0 atom stereocenters. The molecule has 1 aromatic carbocycles. The molecule has 29 heavy (non-hydrogen) atoms. The molecule has 0 unspecified atom stereocenters. The molecule has 0 saturated heterocycles. The number of nitrogens with zero attached hydrogens (tertiary/aromatic N) is 1. The number of ketones is 1. The monoisotopic (exact) mass is 453 g/mol. The second kappa shape index (κ2) is 7.21. The van der Waals surface area contributed by atoms with Crippen LogP contribution in [0.15, 0.2) is 52.3 Å². The number of pyridine rings is 1. The molecule has 11 heteroatoms. The van der Waals surface area contributed by atoms with E-state index in [1.165, 1.54) is 29.9 Å². The number of halogens is 3. The zero-order valence-corrected chi connectivity index (χ0v) is 16.6. The molecule has 0 bridgehead atoms. The summed E-state index contributed by atoms with van der Waals surface area (Å²) in [7, 11) is -4.09. The number of thiophene rings is 1. The van der Waals surface area contributed by atoms with E-state index in [1.54, 1.807) is 5.38 Å². The van der Waals surface area contributed by atoms with Crippen LogP contribution in [0.5, 0.6) is 0 Å². The first-order valence-corrected chi connectivity index (χ1v) is 10.8. The lowest BCUT2D eigenvalue weighted by atomic mass is 10.0. The molecule has 4 rings (SSSR count). The molecule has 0 aliphatic carbocycles. The number of carbonyl (C=O) groups is 1. The van der Waals surface area contributed by atoms with E-state index >= 15 is 0 Å². The molecule has 0 spiro atoms. The van der Waals surface area contributed by atoms with Gasteiger partial charge in [0, 0.05) is 28.7 Å². The van der Waals surface area contributed by atoms with Gasteiger partial charge in [-0.2, -0.15) is 11.3 Å². The van der Waals surface area contributed by atoms with Gasteiger partial charge >= 0.3 is 0 Å². The summed E-state index contributed by atoms with van der Waals surface area (Å²) in [6.45, 7) is 0. The minimum absolute atomic E-state index is 0.0503. The molecule has 0 fully saturated rings. The minimum atomic E-state index is -4.09. The van der Waals surface area contributed by atoms with Crippen molar-refractivity contribution in [2.45, 2.75) is 4.90 Å². The summed E-state index contributed by atoms with van der Waals surface area (Å²) >= 11 is 7.04. The Morgan fingerprint density at radius 3 is 2.76 bits per heavy atom. The lowest BCUT2D eigenvalue weighted by molar-refractivity contribution is 0.103. The summed E-state index contributed by atoms with van der Waals surface area (Å²) in [5.74, 6) is -3.43. The van der Waals surface area contributed by atoms with Crippen molar-refractivity contribution in [2.75, 3.05) is 4.72 Å². The number of carbonyl (C=O) groups excluding carboxylic acids is 1. The molecule has 2 N–H and O–H groups in total. The fourth-order valence-corrected chi connectivity index (χ4v) is 4.99. The molecular weight excluding hydrogens is 444 g/mol. The van der Waals surface area contributed by atoms with Gasteiger partial charge in [0.15, 0.2) is 5.82 Å². The smallest absolute Gasteiger partial charge is 0.262 e. The Morgan fingerprint density at radius 1 is 1.24 bits per heavy atom. The summed E-state index contributed by atoms with van der Waals surface area (Å²) in [6.07, 6.45) is 2.62. The van der Waals surface area contributed by atoms with Crippen LogP contribution in [0.4, 0.5) is 14.5 Å². The first-order valence-electron chi connectivity index (χ1n) is 7.98. The Labute approximate surface area is 172 Å². The third-order valence-electron chi connectivity index (χ3n) is 4.11. The van der Waals surface area contributed by atoms with Crippen molar-refractivity contribution in [1.29, 1.82) is 0 Å². The second-order valence-electron chi connectivity index (χ2n) is 5.93. The number of anilines is 1. The van der Waals surface area contributed by atoms with Crippen LogP contribution >= 0.6 is 22.9 Å². The van der Waals surface area contributed by atoms with Crippen molar-refractivity contribution < 1.29 is 22.0 Å². The summed E-state index contributed by atoms with van der Waals surface area (Å²) < 4.78 is 56.1. The highest BCUT2D eigenvalue weighted by atomic mass is 35.5. The number of fused-ring (bicyclic) bond motifs is 1. The predicted octanol–water partition coefficient (Wildman–Crippen LogP) is 4.59. The third-order valence-corrected chi connectivity index (χ3v) is 6.51. The van der Waals surface area contributed by atoms with E-state index in [0.29, 0.717) is 5.65 Å². The van der Waals surface area contributed by atoms with Crippen LogP contribution in [0.3, 0.4) is 0 Å². The van der Waals surface area contributed by atoms with Gasteiger partial charge in [0.25, 0.3) is 10.0 Å². The van der Waals surface area contributed by atoms with Crippen LogP contribution < -0.4 is 4.72 Å². The van der Waals surface area contributed by atoms with E-state index in [2.05, 4.69) is 9.97 Å². The second-order valence-corrected chi connectivity index (χ2v) is 8.83. The van der Waals surface area contributed by atoms with Gasteiger partial charge in [-0.25, -0.2) is 22.2 Å². The quantitative estimate of drug-likeness (QED) is 0.432. The lowest BCUT2D eigenvalue weighted by Crippen LogP contribution is -2.16. The van der Waals surface area contributed by atoms with Gasteiger partial charge in [-0.1, -0.05) is 11.6 Å². The molecule has 0 radical (unpaired) electrons. The number of rotatable bonds is 5. The van der Waals surface area contributed by atoms with Gasteiger partial charge in [-0.15, -0.1) is 0 Å². The SMILES string of the molecule is O=C(c1c(F)ccc(NS(=O)(=O)c2ccsc2)c1F)c1c[nH]c2ncc(Cl)cc12. The van der Waals surface area contributed by atoms with E-state index in [0.717, 1.165) is 23.5 Å². The van der Waals surface area contributed by atoms with Crippen LogP contribution in [0.25, 0.3) is 11.0 Å². The first-order chi connectivity index (χ1) is 13.8. The zero-order valence-electron chi connectivity index (χ0n) is 14.2. The topological polar surface area (TPSA) is 91.9 Å². The summed E-state index contributed by atoms with van der Waals surface area (Å²) in [5.41, 5.74) is -1.17. The normalized spacial score (nSPS) is 11.7. The third kappa shape index (κ3) is 3.50. The summed E-state index contributed by atoms with van der Waals surface area (Å²) in [6, 6.07) is 4.51. The molecule has 4 aromatic rings. The highest BCUT2D eigenvalue weighted by molar-refractivity contribution is 7.92. The molecule has 0 saturated carbocycles. The number of aromatic nitrogens is 2. The van der Waals surface area contributed by atoms with E-state index < -0.39 is 38.7 Å². The van der Waals surface area contributed by atoms with Crippen molar-refractivity contribution in [3.05, 3.63) is 75.2 Å². The Morgan fingerprint density at radius 2 is 2.03 bits per heavy atom. The highest BCUT2D eigenvalue weighted by Gasteiger charge is 2.26. The maximum Gasteiger partial charge on any atom is 0.262 e. The summed E-state index contributed by atoms with van der Waals surface area (Å²) in [4.78, 5) is 19.5. The highest BCUT2D eigenvalue weighted by Crippen LogP contribution is 2.29. The maximum absolute atomic E-state index is 15.0. The number of nitrogens with one attached hydrogen (secondary N) is 2. The average Bonchev–Trinajstić information content (AvgIpc) is 3.34. The van der Waals surface area contributed by atoms with E-state index in [9.17, 15) is 22.0 Å². The molecule has 6 nitrogen and oxygen atoms in total. The van der Waals surface area contributed by atoms with Crippen LogP contribution in [0, 0.1) is 11.6 Å². The molecule has 3 heterocycles. The Bertz CT molecular complexity index is 1350. The number of hydrogen-bond donors (Lipinski definition) is 2. The van der Waals surface area contributed by atoms with Gasteiger partial charge in [0.05, 0.1) is 21.2 Å². The predicted molar refractivity (Wildman–Crippen MR) is 106 cm³/mol. The molecule has 0 aliphatic heterocycles. The van der Waals surface area contributed by atoms with Crippen LogP contribution in [0.2, 0.25) is 5.02 Å². The Balaban J connectivity index is 1.79. The number of sulfonamides is 1. The van der Waals surface area contributed by atoms with Crippen molar-refractivity contribution in [1.82, 2.24) is 9.97 Å². The Kier molecular flexibility index (Phi) is 4.85. The van der Waals surface area contributed by atoms with E-state index in [4.69, 9.17) is 11.6 Å². The molecule has 148 valence electrons. The van der Waals surface area contributed by atoms with Crippen molar-refractivity contribution in [2.24, 2.45) is 0 Å². The minimum Gasteiger partial charge on any atom is -0.345 e. The van der Waals surface area contributed by atoms with Gasteiger partial charge in [-0.05, 0) is 29.6 Å². The fraction of sp³-hybridized carbons (Fsp3) is 0. The van der Waals surface area contributed by atoms with Gasteiger partial charge in [-0.3, -0.25) is 9.52 Å². The van der Waals surface area contributed by atoms with E-state index in [-0.39, 0.29) is 20.9 Å². The first kappa shape index (κ1) is 19.5. The standard InChI is InChI=1S/C18H10ClF2N3O3S2/c19-9-5-11-12(7-23-18(11)22-6-9)17(25)15-13(20)1-2-14(16(15)21)24-29(26,27)10-3-4-28-8-10/h1-8,24H,(H,22,23). The van der Waals surface area contributed by atoms with Crippen molar-refractivity contribution >= 4 is 55.5 Å². The van der Waals surface area contributed by atoms with Crippen molar-refractivity contribution in [3.8, 4) is 0 Å². The molecular formula is C18H10ClF2N3O3S2. The lowest BCUT2D eigenvalue weighted by Gasteiger charge is -2.11. The molecule has 0 aliphatic rings. The zero-order chi connectivity index (χ0) is 20.8.